The Hall–Kier alpha value is -1.19. The number of carbonyl (C=O) groups excluding carboxylic acids is 1. The fourth-order valence-electron chi connectivity index (χ4n) is 5.48. The molecule has 3 heteroatoms. The number of rotatable bonds is 7. The van der Waals surface area contributed by atoms with Gasteiger partial charge in [-0.3, -0.25) is 4.79 Å². The first kappa shape index (κ1) is 24.1. The van der Waals surface area contributed by atoms with Crippen molar-refractivity contribution in [3.8, 4) is 0 Å². The first-order chi connectivity index (χ1) is 13.4. The summed E-state index contributed by atoms with van der Waals surface area (Å²) in [6.45, 7) is 14.5. The molecule has 164 valence electrons. The van der Waals surface area contributed by atoms with Crippen LogP contribution in [0.1, 0.15) is 87.0 Å². The van der Waals surface area contributed by atoms with Crippen LogP contribution in [0.2, 0.25) is 0 Å². The van der Waals surface area contributed by atoms with Gasteiger partial charge in [0, 0.05) is 0 Å². The Labute approximate surface area is 178 Å². The Bertz CT molecular complexity index is 689. The summed E-state index contributed by atoms with van der Waals surface area (Å²) < 4.78 is 0. The zero-order chi connectivity index (χ0) is 22.0. The number of hydrogen-bond acceptors (Lipinski definition) is 3. The van der Waals surface area contributed by atoms with Crippen LogP contribution in [0, 0.1) is 22.7 Å². The molecule has 2 aliphatic rings. The van der Waals surface area contributed by atoms with Gasteiger partial charge in [0.1, 0.15) is 5.78 Å². The summed E-state index contributed by atoms with van der Waals surface area (Å²) in [4.78, 5) is 13.8. The second-order valence-corrected chi connectivity index (χ2v) is 10.6. The van der Waals surface area contributed by atoms with E-state index in [1.807, 2.05) is 13.8 Å². The zero-order valence-corrected chi connectivity index (χ0v) is 19.6. The molecular weight excluding hydrogens is 360 g/mol. The number of fused-ring (bicyclic) bond motifs is 2. The van der Waals surface area contributed by atoms with E-state index in [2.05, 4.69) is 52.8 Å². The number of carbonyl (C=O) groups is 1. The van der Waals surface area contributed by atoms with Crippen LogP contribution in [0.3, 0.4) is 0 Å². The van der Waals surface area contributed by atoms with E-state index in [1.54, 1.807) is 0 Å². The van der Waals surface area contributed by atoms with E-state index in [1.165, 1.54) is 16.7 Å². The van der Waals surface area contributed by atoms with Crippen molar-refractivity contribution in [2.24, 2.45) is 22.7 Å². The van der Waals surface area contributed by atoms with Crippen LogP contribution in [0.15, 0.2) is 34.9 Å². The van der Waals surface area contributed by atoms with Gasteiger partial charge in [0.2, 0.25) is 0 Å². The van der Waals surface area contributed by atoms with E-state index in [9.17, 15) is 15.0 Å². The van der Waals surface area contributed by atoms with Crippen LogP contribution >= 0.6 is 0 Å². The van der Waals surface area contributed by atoms with Gasteiger partial charge in [-0.15, -0.1) is 0 Å². The highest BCUT2D eigenvalue weighted by atomic mass is 16.3. The zero-order valence-electron chi connectivity index (χ0n) is 19.6. The van der Waals surface area contributed by atoms with E-state index in [4.69, 9.17) is 0 Å². The highest BCUT2D eigenvalue weighted by Crippen LogP contribution is 2.59. The molecule has 0 heterocycles. The molecule has 29 heavy (non-hydrogen) atoms. The normalized spacial score (nSPS) is 36.4. The molecule has 0 aromatic carbocycles. The van der Waals surface area contributed by atoms with Crippen molar-refractivity contribution >= 4 is 5.78 Å². The van der Waals surface area contributed by atoms with Crippen molar-refractivity contribution in [3.63, 3.8) is 0 Å². The summed E-state index contributed by atoms with van der Waals surface area (Å²) in [5.41, 5.74) is 2.53. The summed E-state index contributed by atoms with van der Waals surface area (Å²) in [7, 11) is 0. The highest BCUT2D eigenvalue weighted by molar-refractivity contribution is 5.91. The van der Waals surface area contributed by atoms with Gasteiger partial charge in [0.25, 0.3) is 0 Å². The topological polar surface area (TPSA) is 57.5 Å². The standard InChI is InChI=1S/C26H42O3/c1-17(2)9-8-13-25(7)16-21(27)26(14-12-19(5)6)15-20(11-10-18(3)4)23(28)22(25)24(26)29/h9-10,12,20-23,27-28H,8,11,13-16H2,1-7H3/t20-,21+,22-,23+,25+,26-/m0/s1. The molecule has 2 fully saturated rings. The minimum absolute atomic E-state index is 0.0101. The first-order valence-corrected chi connectivity index (χ1v) is 11.2. The number of allylic oxidation sites excluding steroid dienone is 6. The molecule has 0 amide bonds. The van der Waals surface area contributed by atoms with Crippen molar-refractivity contribution in [2.75, 3.05) is 0 Å². The molecule has 2 N–H and O–H groups in total. The second kappa shape index (κ2) is 9.31. The van der Waals surface area contributed by atoms with Crippen molar-refractivity contribution in [3.05, 3.63) is 34.9 Å². The van der Waals surface area contributed by atoms with Gasteiger partial charge in [-0.2, -0.15) is 0 Å². The van der Waals surface area contributed by atoms with Crippen LogP contribution in [0.5, 0.6) is 0 Å². The summed E-state index contributed by atoms with van der Waals surface area (Å²) in [6.07, 6.45) is 9.37. The highest BCUT2D eigenvalue weighted by Gasteiger charge is 2.63. The van der Waals surface area contributed by atoms with Gasteiger partial charge in [0.05, 0.1) is 23.5 Å². The van der Waals surface area contributed by atoms with Crippen LogP contribution in [0.4, 0.5) is 0 Å². The summed E-state index contributed by atoms with van der Waals surface area (Å²) in [5, 5.41) is 22.6. The lowest BCUT2D eigenvalue weighted by Gasteiger charge is -2.58. The Kier molecular flexibility index (Phi) is 7.73. The third kappa shape index (κ3) is 5.11. The predicted octanol–water partition coefficient (Wildman–Crippen LogP) is 5.77. The molecule has 0 radical (unpaired) electrons. The fourth-order valence-corrected chi connectivity index (χ4v) is 5.48. The Morgan fingerprint density at radius 2 is 1.55 bits per heavy atom. The van der Waals surface area contributed by atoms with Crippen LogP contribution in [0.25, 0.3) is 0 Å². The Morgan fingerprint density at radius 1 is 0.966 bits per heavy atom. The molecule has 0 aromatic heterocycles. The summed E-state index contributed by atoms with van der Waals surface area (Å²) in [6, 6.07) is 0. The minimum Gasteiger partial charge on any atom is -0.392 e. The maximum absolute atomic E-state index is 13.8. The number of hydrogen-bond donors (Lipinski definition) is 2. The third-order valence-corrected chi connectivity index (χ3v) is 7.24. The number of Topliss-reactive ketones (excluding diaryl/α,β-unsaturated/α-hetero) is 1. The molecule has 0 unspecified atom stereocenters. The number of aliphatic hydroxyl groups excluding tert-OH is 2. The van der Waals surface area contributed by atoms with E-state index >= 15 is 0 Å². The summed E-state index contributed by atoms with van der Waals surface area (Å²) in [5.74, 6) is -0.295. The molecule has 2 rings (SSSR count). The average molecular weight is 403 g/mol. The molecule has 3 nitrogen and oxygen atoms in total. The molecule has 0 aliphatic heterocycles. The molecule has 2 bridgehead atoms. The number of aliphatic hydroxyl groups is 2. The molecule has 2 aliphatic carbocycles. The van der Waals surface area contributed by atoms with E-state index in [0.29, 0.717) is 19.3 Å². The van der Waals surface area contributed by atoms with Crippen LogP contribution < -0.4 is 0 Å². The van der Waals surface area contributed by atoms with Gasteiger partial charge in [0.15, 0.2) is 0 Å². The number of ketones is 1. The van der Waals surface area contributed by atoms with E-state index in [0.717, 1.165) is 19.3 Å². The quantitative estimate of drug-likeness (QED) is 0.532. The molecule has 6 atom stereocenters. The van der Waals surface area contributed by atoms with Gasteiger partial charge in [-0.1, -0.05) is 41.9 Å². The van der Waals surface area contributed by atoms with Gasteiger partial charge >= 0.3 is 0 Å². The Balaban J connectivity index is 2.45. The second-order valence-electron chi connectivity index (χ2n) is 10.6. The van der Waals surface area contributed by atoms with Crippen molar-refractivity contribution in [1.29, 1.82) is 0 Å². The van der Waals surface area contributed by atoms with Crippen LogP contribution in [-0.4, -0.2) is 28.2 Å². The van der Waals surface area contributed by atoms with Crippen molar-refractivity contribution < 1.29 is 15.0 Å². The van der Waals surface area contributed by atoms with Crippen molar-refractivity contribution in [2.45, 2.75) is 99.2 Å². The minimum atomic E-state index is -0.753. The third-order valence-electron chi connectivity index (χ3n) is 7.24. The lowest BCUT2D eigenvalue weighted by Crippen LogP contribution is -2.64. The molecule has 0 saturated heterocycles. The average Bonchev–Trinajstić information content (AvgIpc) is 2.58. The van der Waals surface area contributed by atoms with Gasteiger partial charge in [-0.05, 0) is 91.4 Å². The largest absolute Gasteiger partial charge is 0.392 e. The lowest BCUT2D eigenvalue weighted by atomic mass is 9.46. The van der Waals surface area contributed by atoms with Gasteiger partial charge < -0.3 is 10.2 Å². The smallest absolute Gasteiger partial charge is 0.148 e. The first-order valence-electron chi connectivity index (χ1n) is 11.2. The maximum Gasteiger partial charge on any atom is 0.148 e. The predicted molar refractivity (Wildman–Crippen MR) is 121 cm³/mol. The monoisotopic (exact) mass is 402 g/mol. The molecule has 2 saturated carbocycles. The molecular formula is C26H42O3. The Morgan fingerprint density at radius 3 is 2.10 bits per heavy atom. The molecule has 0 spiro atoms. The van der Waals surface area contributed by atoms with E-state index < -0.39 is 23.5 Å². The fraction of sp³-hybridized carbons (Fsp3) is 0.731. The molecule has 0 aromatic rings. The van der Waals surface area contributed by atoms with Crippen molar-refractivity contribution in [1.82, 2.24) is 0 Å². The lowest BCUT2D eigenvalue weighted by molar-refractivity contribution is -0.188. The van der Waals surface area contributed by atoms with Crippen LogP contribution in [-0.2, 0) is 4.79 Å². The summed E-state index contributed by atoms with van der Waals surface area (Å²) >= 11 is 0. The maximum atomic E-state index is 13.8. The SMILES string of the molecule is CC(C)=CCC[C@]1(C)C[C@@H](O)[C@]2(CC=C(C)C)C[C@H](CC=C(C)C)[C@@H](O)[C@H]1C2=O. The van der Waals surface area contributed by atoms with E-state index in [-0.39, 0.29) is 17.1 Å². The van der Waals surface area contributed by atoms with Gasteiger partial charge in [-0.25, -0.2) is 0 Å².